The molecule has 8 nitrogen and oxygen atoms in total. The van der Waals surface area contributed by atoms with Crippen molar-refractivity contribution in [2.45, 2.75) is 38.6 Å². The standard InChI is InChI=1S/C23H26N2O6S/c1-14(2)20(24-32(29,30)17-10-9-15(3)16(4)13-17)23(28)31-12-11-25-21(26)18-7-5-6-8-19(18)22(25)27/h5-10,13-14,20,24H,11-12H2,1-4H3/t20-/m0/s1. The molecule has 0 aliphatic carbocycles. The molecule has 2 aromatic rings. The third-order valence-electron chi connectivity index (χ3n) is 5.43. The highest BCUT2D eigenvalue weighted by Gasteiger charge is 2.35. The van der Waals surface area contributed by atoms with Crippen molar-refractivity contribution in [2.24, 2.45) is 5.92 Å². The summed E-state index contributed by atoms with van der Waals surface area (Å²) in [5.41, 5.74) is 2.39. The van der Waals surface area contributed by atoms with Crippen molar-refractivity contribution in [3.63, 3.8) is 0 Å². The SMILES string of the molecule is Cc1ccc(S(=O)(=O)N[C@H](C(=O)OCCN2C(=O)c3ccccc3C2=O)C(C)C)cc1C. The molecule has 0 radical (unpaired) electrons. The molecule has 0 bridgehead atoms. The number of carbonyl (C=O) groups excluding carboxylic acids is 3. The molecule has 0 saturated heterocycles. The first-order valence-electron chi connectivity index (χ1n) is 10.2. The molecule has 3 rings (SSSR count). The number of sulfonamides is 1. The molecule has 1 aliphatic rings. The van der Waals surface area contributed by atoms with Crippen LogP contribution in [-0.2, 0) is 19.6 Å². The summed E-state index contributed by atoms with van der Waals surface area (Å²) in [7, 11) is -3.95. The molecule has 2 amide bonds. The van der Waals surface area contributed by atoms with Crippen LogP contribution in [0, 0.1) is 19.8 Å². The Morgan fingerprint density at radius 1 is 1.00 bits per heavy atom. The zero-order valence-electron chi connectivity index (χ0n) is 18.4. The highest BCUT2D eigenvalue weighted by atomic mass is 32.2. The quantitative estimate of drug-likeness (QED) is 0.481. The van der Waals surface area contributed by atoms with E-state index in [0.29, 0.717) is 11.1 Å². The number of ether oxygens (including phenoxy) is 1. The predicted molar refractivity (Wildman–Crippen MR) is 118 cm³/mol. The first kappa shape index (κ1) is 23.6. The molecule has 1 aliphatic heterocycles. The fraction of sp³-hybridized carbons (Fsp3) is 0.348. The Morgan fingerprint density at radius 2 is 1.59 bits per heavy atom. The Morgan fingerprint density at radius 3 is 2.12 bits per heavy atom. The zero-order chi connectivity index (χ0) is 23.6. The van der Waals surface area contributed by atoms with Gasteiger partial charge in [0, 0.05) is 0 Å². The molecule has 0 aromatic heterocycles. The average Bonchev–Trinajstić information content (AvgIpc) is 2.98. The maximum Gasteiger partial charge on any atom is 0.324 e. The third-order valence-corrected chi connectivity index (χ3v) is 6.87. The summed E-state index contributed by atoms with van der Waals surface area (Å²) in [5.74, 6) is -2.05. The normalized spacial score (nSPS) is 14.6. The number of fused-ring (bicyclic) bond motifs is 1. The van der Waals surface area contributed by atoms with Crippen LogP contribution in [0.15, 0.2) is 47.4 Å². The summed E-state index contributed by atoms with van der Waals surface area (Å²) in [6.45, 7) is 6.72. The number of benzene rings is 2. The smallest absolute Gasteiger partial charge is 0.324 e. The molecular formula is C23H26N2O6S. The summed E-state index contributed by atoms with van der Waals surface area (Å²) in [5, 5.41) is 0. The van der Waals surface area contributed by atoms with E-state index in [4.69, 9.17) is 4.74 Å². The van der Waals surface area contributed by atoms with Gasteiger partial charge >= 0.3 is 5.97 Å². The number of esters is 1. The van der Waals surface area contributed by atoms with E-state index in [2.05, 4.69) is 4.72 Å². The van der Waals surface area contributed by atoms with Gasteiger partial charge in [0.15, 0.2) is 0 Å². The lowest BCUT2D eigenvalue weighted by atomic mass is 10.1. The predicted octanol–water partition coefficient (Wildman–Crippen LogP) is 2.45. The van der Waals surface area contributed by atoms with Gasteiger partial charge in [0.2, 0.25) is 10.0 Å². The maximum atomic E-state index is 12.8. The van der Waals surface area contributed by atoms with Gasteiger partial charge in [-0.25, -0.2) is 8.42 Å². The largest absolute Gasteiger partial charge is 0.463 e. The maximum absolute atomic E-state index is 12.8. The number of hydrogen-bond acceptors (Lipinski definition) is 6. The summed E-state index contributed by atoms with van der Waals surface area (Å²) >= 11 is 0. The number of rotatable bonds is 8. The van der Waals surface area contributed by atoms with Gasteiger partial charge in [-0.05, 0) is 55.2 Å². The minimum atomic E-state index is -3.95. The van der Waals surface area contributed by atoms with Crippen LogP contribution in [0.4, 0.5) is 0 Å². The number of nitrogens with zero attached hydrogens (tertiary/aromatic N) is 1. The molecule has 9 heteroatoms. The van der Waals surface area contributed by atoms with E-state index < -0.39 is 33.8 Å². The van der Waals surface area contributed by atoms with Crippen molar-refractivity contribution in [1.29, 1.82) is 0 Å². The van der Waals surface area contributed by atoms with E-state index >= 15 is 0 Å². The van der Waals surface area contributed by atoms with Crippen LogP contribution in [0.25, 0.3) is 0 Å². The van der Waals surface area contributed by atoms with E-state index in [1.165, 1.54) is 6.07 Å². The van der Waals surface area contributed by atoms with Gasteiger partial charge in [-0.15, -0.1) is 0 Å². The van der Waals surface area contributed by atoms with Crippen LogP contribution < -0.4 is 4.72 Å². The fourth-order valence-electron chi connectivity index (χ4n) is 3.34. The van der Waals surface area contributed by atoms with Gasteiger partial charge in [0.1, 0.15) is 12.6 Å². The van der Waals surface area contributed by atoms with Crippen LogP contribution in [-0.4, -0.2) is 50.3 Å². The number of carbonyl (C=O) groups is 3. The van der Waals surface area contributed by atoms with Gasteiger partial charge in [-0.2, -0.15) is 4.72 Å². The highest BCUT2D eigenvalue weighted by Crippen LogP contribution is 2.22. The molecule has 170 valence electrons. The minimum absolute atomic E-state index is 0.0603. The Labute approximate surface area is 187 Å². The van der Waals surface area contributed by atoms with Crippen LogP contribution in [0.2, 0.25) is 0 Å². The van der Waals surface area contributed by atoms with Gasteiger partial charge in [-0.1, -0.05) is 32.0 Å². The summed E-state index contributed by atoms with van der Waals surface area (Å²) in [6, 6.07) is 10.1. The van der Waals surface area contributed by atoms with Crippen molar-refractivity contribution in [3.05, 3.63) is 64.7 Å². The molecule has 0 spiro atoms. The Bertz CT molecular complexity index is 1140. The molecule has 1 N–H and O–H groups in total. The Balaban J connectivity index is 1.64. The summed E-state index contributed by atoms with van der Waals surface area (Å²) in [4.78, 5) is 38.5. The average molecular weight is 459 g/mol. The first-order valence-corrected chi connectivity index (χ1v) is 11.7. The van der Waals surface area contributed by atoms with Crippen molar-refractivity contribution in [2.75, 3.05) is 13.2 Å². The lowest BCUT2D eigenvalue weighted by Gasteiger charge is -2.22. The molecule has 32 heavy (non-hydrogen) atoms. The number of imide groups is 1. The summed E-state index contributed by atoms with van der Waals surface area (Å²) < 4.78 is 33.2. The van der Waals surface area contributed by atoms with Gasteiger partial charge in [0.05, 0.1) is 22.6 Å². The molecule has 0 saturated carbocycles. The van der Waals surface area contributed by atoms with Gasteiger partial charge in [0.25, 0.3) is 11.8 Å². The van der Waals surface area contributed by atoms with Gasteiger partial charge in [-0.3, -0.25) is 19.3 Å². The lowest BCUT2D eigenvalue weighted by molar-refractivity contribution is -0.147. The lowest BCUT2D eigenvalue weighted by Crippen LogP contribution is -2.46. The number of nitrogens with one attached hydrogen (secondary N) is 1. The van der Waals surface area contributed by atoms with Crippen LogP contribution in [0.1, 0.15) is 45.7 Å². The zero-order valence-corrected chi connectivity index (χ0v) is 19.2. The van der Waals surface area contributed by atoms with Crippen molar-refractivity contribution in [3.8, 4) is 0 Å². The molecular weight excluding hydrogens is 432 g/mol. The third kappa shape index (κ3) is 4.73. The highest BCUT2D eigenvalue weighted by molar-refractivity contribution is 7.89. The number of aryl methyl sites for hydroxylation is 2. The topological polar surface area (TPSA) is 110 Å². The molecule has 0 fully saturated rings. The molecule has 2 aromatic carbocycles. The Hall–Kier alpha value is -3.04. The number of hydrogen-bond donors (Lipinski definition) is 1. The van der Waals surface area contributed by atoms with Crippen LogP contribution in [0.3, 0.4) is 0 Å². The van der Waals surface area contributed by atoms with E-state index in [-0.39, 0.29) is 24.0 Å². The molecule has 1 atom stereocenters. The Kier molecular flexibility index (Phi) is 6.80. The minimum Gasteiger partial charge on any atom is -0.463 e. The van der Waals surface area contributed by atoms with E-state index in [1.54, 1.807) is 50.2 Å². The second kappa shape index (κ2) is 9.22. The van der Waals surface area contributed by atoms with Crippen LogP contribution >= 0.6 is 0 Å². The van der Waals surface area contributed by atoms with Crippen molar-refractivity contribution >= 4 is 27.8 Å². The molecule has 0 unspecified atom stereocenters. The van der Waals surface area contributed by atoms with Crippen LogP contribution in [0.5, 0.6) is 0 Å². The first-order chi connectivity index (χ1) is 15.0. The van der Waals surface area contributed by atoms with E-state index in [9.17, 15) is 22.8 Å². The van der Waals surface area contributed by atoms with Gasteiger partial charge < -0.3 is 4.74 Å². The molecule has 1 heterocycles. The monoisotopic (exact) mass is 458 g/mol. The second-order valence-electron chi connectivity index (χ2n) is 8.06. The number of amides is 2. The van der Waals surface area contributed by atoms with Crippen molar-refractivity contribution in [1.82, 2.24) is 9.62 Å². The second-order valence-corrected chi connectivity index (χ2v) is 9.78. The van der Waals surface area contributed by atoms with E-state index in [0.717, 1.165) is 16.0 Å². The van der Waals surface area contributed by atoms with E-state index in [1.807, 2.05) is 13.8 Å². The van der Waals surface area contributed by atoms with Crippen molar-refractivity contribution < 1.29 is 27.5 Å². The summed E-state index contributed by atoms with van der Waals surface area (Å²) in [6.07, 6.45) is 0. The fourth-order valence-corrected chi connectivity index (χ4v) is 4.76.